The number of rotatable bonds is 1. The van der Waals surface area contributed by atoms with E-state index in [2.05, 4.69) is 4.98 Å². The number of nitrogens with zero attached hydrogens (tertiary/aromatic N) is 2. The molecule has 8 heteroatoms. The van der Waals surface area contributed by atoms with Gasteiger partial charge in [0, 0.05) is 6.20 Å². The summed E-state index contributed by atoms with van der Waals surface area (Å²) in [6, 6.07) is 1.37. The van der Waals surface area contributed by atoms with Gasteiger partial charge < -0.3 is 9.47 Å². The lowest BCUT2D eigenvalue weighted by molar-refractivity contribution is 0.0429. The molecule has 1 aromatic heterocycles. The zero-order valence-corrected chi connectivity index (χ0v) is 15.4. The highest BCUT2D eigenvalue weighted by Crippen LogP contribution is 2.28. The first-order valence-corrected chi connectivity index (χ1v) is 7.63. The number of carbonyl (C=O) groups excluding carboxylic acids is 2. The van der Waals surface area contributed by atoms with Crippen LogP contribution in [0.3, 0.4) is 0 Å². The summed E-state index contributed by atoms with van der Waals surface area (Å²) in [5, 5.41) is 0.293. The van der Waals surface area contributed by atoms with Crippen LogP contribution >= 0.6 is 23.2 Å². The van der Waals surface area contributed by atoms with Crippen LogP contribution < -0.4 is 4.90 Å². The van der Waals surface area contributed by atoms with E-state index in [1.165, 1.54) is 12.3 Å². The topological polar surface area (TPSA) is 68.7 Å². The zero-order chi connectivity index (χ0) is 18.0. The van der Waals surface area contributed by atoms with Gasteiger partial charge in [0.15, 0.2) is 5.82 Å². The maximum absolute atomic E-state index is 12.4. The Bertz CT molecular complexity index is 578. The molecule has 1 aromatic rings. The Morgan fingerprint density at radius 1 is 1.00 bits per heavy atom. The van der Waals surface area contributed by atoms with E-state index in [1.54, 1.807) is 41.5 Å². The Morgan fingerprint density at radius 2 is 1.43 bits per heavy atom. The maximum Gasteiger partial charge on any atom is 0.425 e. The molecule has 0 aromatic carbocycles. The van der Waals surface area contributed by atoms with Gasteiger partial charge in [0.1, 0.15) is 11.2 Å². The molecule has 0 aliphatic carbocycles. The minimum Gasteiger partial charge on any atom is -0.443 e. The van der Waals surface area contributed by atoms with E-state index in [1.807, 2.05) is 0 Å². The van der Waals surface area contributed by atoms with Crippen molar-refractivity contribution < 1.29 is 19.1 Å². The van der Waals surface area contributed by atoms with E-state index in [0.717, 1.165) is 0 Å². The van der Waals surface area contributed by atoms with Crippen molar-refractivity contribution in [2.75, 3.05) is 4.90 Å². The van der Waals surface area contributed by atoms with E-state index in [9.17, 15) is 9.59 Å². The number of anilines is 1. The predicted octanol–water partition coefficient (Wildman–Crippen LogP) is 5.07. The number of amides is 2. The van der Waals surface area contributed by atoms with E-state index >= 15 is 0 Å². The second-order valence-corrected chi connectivity index (χ2v) is 7.60. The Kier molecular flexibility index (Phi) is 5.88. The van der Waals surface area contributed by atoms with Crippen LogP contribution in [-0.4, -0.2) is 28.4 Å². The number of imide groups is 1. The molecule has 1 rings (SSSR count). The molecule has 0 bridgehead atoms. The number of hydrogen-bond donors (Lipinski definition) is 0. The van der Waals surface area contributed by atoms with Gasteiger partial charge in [-0.3, -0.25) is 0 Å². The Labute approximate surface area is 145 Å². The molecule has 1 heterocycles. The van der Waals surface area contributed by atoms with Gasteiger partial charge in [-0.15, -0.1) is 0 Å². The first-order valence-electron chi connectivity index (χ1n) is 6.87. The molecule has 6 nitrogen and oxygen atoms in total. The molecule has 0 aliphatic heterocycles. The predicted molar refractivity (Wildman–Crippen MR) is 89.2 cm³/mol. The molecule has 0 radical (unpaired) electrons. The highest BCUT2D eigenvalue weighted by atomic mass is 35.5. The Morgan fingerprint density at radius 3 is 1.78 bits per heavy atom. The highest BCUT2D eigenvalue weighted by Gasteiger charge is 2.34. The number of carbonyl (C=O) groups is 2. The van der Waals surface area contributed by atoms with Gasteiger partial charge in [0.2, 0.25) is 0 Å². The largest absolute Gasteiger partial charge is 0.443 e. The van der Waals surface area contributed by atoms with Crippen LogP contribution in [0.15, 0.2) is 12.3 Å². The monoisotopic (exact) mass is 362 g/mol. The quantitative estimate of drug-likeness (QED) is 0.697. The van der Waals surface area contributed by atoms with Crippen LogP contribution in [0.1, 0.15) is 41.5 Å². The van der Waals surface area contributed by atoms with E-state index in [4.69, 9.17) is 32.7 Å². The van der Waals surface area contributed by atoms with Gasteiger partial charge in [-0.2, -0.15) is 4.90 Å². The summed E-state index contributed by atoms with van der Waals surface area (Å²) in [7, 11) is 0. The highest BCUT2D eigenvalue weighted by molar-refractivity contribution is 6.37. The van der Waals surface area contributed by atoms with Gasteiger partial charge in [-0.25, -0.2) is 14.6 Å². The van der Waals surface area contributed by atoms with Crippen LogP contribution in [0.2, 0.25) is 10.0 Å². The van der Waals surface area contributed by atoms with E-state index in [-0.39, 0.29) is 15.9 Å². The molecule has 0 atom stereocenters. The van der Waals surface area contributed by atoms with Gasteiger partial charge >= 0.3 is 12.2 Å². The third-order valence-corrected chi connectivity index (χ3v) is 2.64. The van der Waals surface area contributed by atoms with Gasteiger partial charge in [0.05, 0.1) is 10.0 Å². The Hall–Kier alpha value is -1.53. The van der Waals surface area contributed by atoms with Crippen molar-refractivity contribution in [3.8, 4) is 0 Å². The number of halogens is 2. The summed E-state index contributed by atoms with van der Waals surface area (Å²) in [6.07, 6.45) is -0.614. The fraction of sp³-hybridized carbons (Fsp3) is 0.533. The molecule has 0 unspecified atom stereocenters. The minimum atomic E-state index is -0.941. The van der Waals surface area contributed by atoms with E-state index in [0.29, 0.717) is 4.90 Å². The normalized spacial score (nSPS) is 11.8. The molecule has 0 saturated carbocycles. The van der Waals surface area contributed by atoms with Crippen molar-refractivity contribution in [1.82, 2.24) is 4.98 Å². The Balaban J connectivity index is 3.25. The molecule has 0 fully saturated rings. The van der Waals surface area contributed by atoms with Crippen LogP contribution in [0.5, 0.6) is 0 Å². The fourth-order valence-electron chi connectivity index (χ4n) is 1.43. The molecular formula is C15H20Cl2N2O4. The van der Waals surface area contributed by atoms with Crippen molar-refractivity contribution >= 4 is 41.2 Å². The molecule has 0 aliphatic rings. The third kappa shape index (κ3) is 6.23. The average molecular weight is 363 g/mol. The smallest absolute Gasteiger partial charge is 0.425 e. The van der Waals surface area contributed by atoms with Crippen molar-refractivity contribution in [3.05, 3.63) is 22.3 Å². The number of ether oxygens (including phenoxy) is 2. The van der Waals surface area contributed by atoms with Crippen LogP contribution in [-0.2, 0) is 9.47 Å². The number of hydrogen-bond acceptors (Lipinski definition) is 5. The van der Waals surface area contributed by atoms with Crippen molar-refractivity contribution in [1.29, 1.82) is 0 Å². The van der Waals surface area contributed by atoms with Crippen molar-refractivity contribution in [3.63, 3.8) is 0 Å². The summed E-state index contributed by atoms with van der Waals surface area (Å²) < 4.78 is 10.5. The second kappa shape index (κ2) is 6.93. The fourth-order valence-corrected chi connectivity index (χ4v) is 1.90. The molecule has 23 heavy (non-hydrogen) atoms. The van der Waals surface area contributed by atoms with Crippen LogP contribution in [0.25, 0.3) is 0 Å². The SMILES string of the molecule is CC(C)(C)OC(=O)N(C(=O)OC(C)(C)C)c1ncc(Cl)cc1Cl. The lowest BCUT2D eigenvalue weighted by atomic mass is 10.2. The number of pyridine rings is 1. The van der Waals surface area contributed by atoms with Crippen molar-refractivity contribution in [2.45, 2.75) is 52.7 Å². The summed E-state index contributed by atoms with van der Waals surface area (Å²) in [6.45, 7) is 10.1. The van der Waals surface area contributed by atoms with Crippen molar-refractivity contribution in [2.24, 2.45) is 0 Å². The standard InChI is InChI=1S/C15H20Cl2N2O4/c1-14(2,3)22-12(20)19(13(21)23-15(4,5)6)11-10(17)7-9(16)8-18-11/h7-8H,1-6H3. The van der Waals surface area contributed by atoms with E-state index < -0.39 is 23.4 Å². The summed E-state index contributed by atoms with van der Waals surface area (Å²) >= 11 is 11.8. The molecule has 0 N–H and O–H groups in total. The van der Waals surface area contributed by atoms with Crippen LogP contribution in [0.4, 0.5) is 15.4 Å². The molecule has 128 valence electrons. The molecule has 0 spiro atoms. The summed E-state index contributed by atoms with van der Waals surface area (Å²) in [5.41, 5.74) is -1.62. The lowest BCUT2D eigenvalue weighted by Crippen LogP contribution is -2.44. The number of aromatic nitrogens is 1. The first-order chi connectivity index (χ1) is 10.3. The third-order valence-electron chi connectivity index (χ3n) is 2.15. The summed E-state index contributed by atoms with van der Waals surface area (Å²) in [5.74, 6) is -0.112. The average Bonchev–Trinajstić information content (AvgIpc) is 2.27. The van der Waals surface area contributed by atoms with Gasteiger partial charge in [-0.05, 0) is 47.6 Å². The van der Waals surface area contributed by atoms with Gasteiger partial charge in [-0.1, -0.05) is 23.2 Å². The molecular weight excluding hydrogens is 343 g/mol. The second-order valence-electron chi connectivity index (χ2n) is 6.76. The van der Waals surface area contributed by atoms with Gasteiger partial charge in [0.25, 0.3) is 0 Å². The minimum absolute atomic E-state index is 0.0224. The molecule has 2 amide bonds. The summed E-state index contributed by atoms with van der Waals surface area (Å²) in [4.78, 5) is 29.4. The zero-order valence-electron chi connectivity index (χ0n) is 13.9. The molecule has 0 saturated heterocycles. The maximum atomic E-state index is 12.4. The first kappa shape index (κ1) is 19.5. The van der Waals surface area contributed by atoms with Crippen LogP contribution in [0, 0.1) is 0 Å². The lowest BCUT2D eigenvalue weighted by Gasteiger charge is -2.28.